The van der Waals surface area contributed by atoms with Gasteiger partial charge >= 0.3 is 0 Å². The first-order chi connectivity index (χ1) is 10.7. The van der Waals surface area contributed by atoms with Crippen LogP contribution in [0.25, 0.3) is 0 Å². The minimum Gasteiger partial charge on any atom is -0.352 e. The number of hydrogen-bond acceptors (Lipinski definition) is 4. The Bertz CT molecular complexity index is 593. The molecule has 0 aliphatic rings. The molecule has 116 valence electrons. The molecule has 0 unspecified atom stereocenters. The summed E-state index contributed by atoms with van der Waals surface area (Å²) in [6.45, 7) is 4.89. The summed E-state index contributed by atoms with van der Waals surface area (Å²) in [6, 6.07) is 8.12. The van der Waals surface area contributed by atoms with Crippen LogP contribution in [-0.4, -0.2) is 22.4 Å². The van der Waals surface area contributed by atoms with E-state index in [1.54, 1.807) is 0 Å². The molecule has 0 spiro atoms. The zero-order valence-corrected chi connectivity index (χ0v) is 13.1. The summed E-state index contributed by atoms with van der Waals surface area (Å²) in [6.07, 6.45) is 6.11. The minimum atomic E-state index is -0.132. The highest BCUT2D eigenvalue weighted by Crippen LogP contribution is 2.14. The van der Waals surface area contributed by atoms with Crippen molar-refractivity contribution in [3.8, 4) is 0 Å². The van der Waals surface area contributed by atoms with Gasteiger partial charge in [0, 0.05) is 24.6 Å². The second-order valence-electron chi connectivity index (χ2n) is 5.08. The van der Waals surface area contributed by atoms with Gasteiger partial charge in [0.2, 0.25) is 5.95 Å². The number of nitrogens with one attached hydrogen (secondary N) is 2. The average Bonchev–Trinajstić information content (AvgIpc) is 2.56. The summed E-state index contributed by atoms with van der Waals surface area (Å²) in [5.41, 5.74) is 2.69. The molecule has 1 amide bonds. The van der Waals surface area contributed by atoms with Crippen LogP contribution >= 0.6 is 0 Å². The standard InChI is InChI=1S/C17H22N4O/c1-3-5-10-18-16(22)14-11-19-17(20-12-14)21-15-8-6-13(4-2)7-9-15/h6-9,11-12H,3-5,10H2,1-2H3,(H,18,22)(H,19,20,21). The molecule has 2 rings (SSSR count). The predicted molar refractivity (Wildman–Crippen MR) is 88.4 cm³/mol. The van der Waals surface area contributed by atoms with Crippen molar-refractivity contribution in [2.75, 3.05) is 11.9 Å². The molecule has 2 aromatic rings. The molecule has 0 bridgehead atoms. The largest absolute Gasteiger partial charge is 0.352 e. The summed E-state index contributed by atoms with van der Waals surface area (Å²) in [4.78, 5) is 20.2. The summed E-state index contributed by atoms with van der Waals surface area (Å²) < 4.78 is 0. The molecule has 0 saturated carbocycles. The Morgan fingerprint density at radius 3 is 2.36 bits per heavy atom. The highest BCUT2D eigenvalue weighted by molar-refractivity contribution is 5.93. The lowest BCUT2D eigenvalue weighted by Crippen LogP contribution is -2.24. The third-order valence-corrected chi connectivity index (χ3v) is 3.35. The molecule has 22 heavy (non-hydrogen) atoms. The molecular formula is C17H22N4O. The molecule has 0 fully saturated rings. The fourth-order valence-electron chi connectivity index (χ4n) is 1.94. The van der Waals surface area contributed by atoms with Crippen LogP contribution < -0.4 is 10.6 Å². The summed E-state index contributed by atoms with van der Waals surface area (Å²) in [7, 11) is 0. The highest BCUT2D eigenvalue weighted by Gasteiger charge is 2.06. The van der Waals surface area contributed by atoms with Crippen molar-refractivity contribution in [3.05, 3.63) is 47.8 Å². The number of rotatable bonds is 7. The fraction of sp³-hybridized carbons (Fsp3) is 0.353. The van der Waals surface area contributed by atoms with E-state index in [4.69, 9.17) is 0 Å². The number of aryl methyl sites for hydroxylation is 1. The maximum absolute atomic E-state index is 11.8. The molecule has 0 saturated heterocycles. The van der Waals surface area contributed by atoms with E-state index in [9.17, 15) is 4.79 Å². The zero-order valence-electron chi connectivity index (χ0n) is 13.1. The van der Waals surface area contributed by atoms with Crippen LogP contribution in [-0.2, 0) is 6.42 Å². The molecule has 0 aliphatic carbocycles. The van der Waals surface area contributed by atoms with Crippen LogP contribution in [0, 0.1) is 0 Å². The molecule has 1 aromatic carbocycles. The zero-order chi connectivity index (χ0) is 15.8. The number of unbranched alkanes of at least 4 members (excludes halogenated alkanes) is 1. The van der Waals surface area contributed by atoms with Gasteiger partial charge in [-0.25, -0.2) is 9.97 Å². The molecule has 0 atom stereocenters. The molecule has 1 heterocycles. The van der Waals surface area contributed by atoms with E-state index in [1.807, 2.05) is 12.1 Å². The molecule has 0 radical (unpaired) electrons. The molecule has 5 nitrogen and oxygen atoms in total. The molecule has 5 heteroatoms. The fourth-order valence-corrected chi connectivity index (χ4v) is 1.94. The number of amides is 1. The van der Waals surface area contributed by atoms with E-state index >= 15 is 0 Å². The minimum absolute atomic E-state index is 0.132. The summed E-state index contributed by atoms with van der Waals surface area (Å²) in [5, 5.41) is 5.96. The van der Waals surface area contributed by atoms with Crippen molar-refractivity contribution < 1.29 is 4.79 Å². The van der Waals surface area contributed by atoms with E-state index in [-0.39, 0.29) is 5.91 Å². The van der Waals surface area contributed by atoms with Crippen LogP contribution in [0.3, 0.4) is 0 Å². The van der Waals surface area contributed by atoms with Crippen molar-refractivity contribution >= 4 is 17.5 Å². The van der Waals surface area contributed by atoms with Crippen molar-refractivity contribution in [3.63, 3.8) is 0 Å². The Kier molecular flexibility index (Phi) is 5.89. The van der Waals surface area contributed by atoms with Crippen LogP contribution in [0.15, 0.2) is 36.7 Å². The van der Waals surface area contributed by atoms with Gasteiger partial charge < -0.3 is 10.6 Å². The van der Waals surface area contributed by atoms with Gasteiger partial charge in [-0.15, -0.1) is 0 Å². The number of benzene rings is 1. The first-order valence-electron chi connectivity index (χ1n) is 7.69. The predicted octanol–water partition coefficient (Wildman–Crippen LogP) is 3.31. The van der Waals surface area contributed by atoms with E-state index in [0.29, 0.717) is 18.1 Å². The normalized spacial score (nSPS) is 10.3. The number of nitrogens with zero attached hydrogens (tertiary/aromatic N) is 2. The monoisotopic (exact) mass is 298 g/mol. The van der Waals surface area contributed by atoms with Gasteiger partial charge in [0.1, 0.15) is 0 Å². The van der Waals surface area contributed by atoms with E-state index in [1.165, 1.54) is 18.0 Å². The molecular weight excluding hydrogens is 276 g/mol. The lowest BCUT2D eigenvalue weighted by atomic mass is 10.1. The van der Waals surface area contributed by atoms with Gasteiger partial charge in [0.15, 0.2) is 0 Å². The number of aromatic nitrogens is 2. The summed E-state index contributed by atoms with van der Waals surface area (Å²) >= 11 is 0. The third-order valence-electron chi connectivity index (χ3n) is 3.35. The van der Waals surface area contributed by atoms with Gasteiger partial charge in [-0.2, -0.15) is 0 Å². The molecule has 0 aliphatic heterocycles. The number of anilines is 2. The highest BCUT2D eigenvalue weighted by atomic mass is 16.1. The Hall–Kier alpha value is -2.43. The van der Waals surface area contributed by atoms with Gasteiger partial charge in [-0.1, -0.05) is 32.4 Å². The van der Waals surface area contributed by atoms with Crippen LogP contribution in [0.4, 0.5) is 11.6 Å². The number of carbonyl (C=O) groups is 1. The van der Waals surface area contributed by atoms with E-state index in [2.05, 4.69) is 46.6 Å². The topological polar surface area (TPSA) is 66.9 Å². The van der Waals surface area contributed by atoms with Gasteiger partial charge in [0.25, 0.3) is 5.91 Å². The number of carbonyl (C=O) groups excluding carboxylic acids is 1. The lowest BCUT2D eigenvalue weighted by molar-refractivity contribution is 0.0952. The Morgan fingerprint density at radius 1 is 1.09 bits per heavy atom. The van der Waals surface area contributed by atoms with E-state index < -0.39 is 0 Å². The van der Waals surface area contributed by atoms with Gasteiger partial charge in [-0.3, -0.25) is 4.79 Å². The van der Waals surface area contributed by atoms with E-state index in [0.717, 1.165) is 24.9 Å². The van der Waals surface area contributed by atoms with Crippen LogP contribution in [0.1, 0.15) is 42.6 Å². The molecule has 2 N–H and O–H groups in total. The first-order valence-corrected chi connectivity index (χ1v) is 7.69. The van der Waals surface area contributed by atoms with Gasteiger partial charge in [0.05, 0.1) is 5.56 Å². The average molecular weight is 298 g/mol. The maximum Gasteiger partial charge on any atom is 0.254 e. The molecule has 1 aromatic heterocycles. The lowest BCUT2D eigenvalue weighted by Gasteiger charge is -2.07. The van der Waals surface area contributed by atoms with Crippen molar-refractivity contribution in [2.24, 2.45) is 0 Å². The summed E-state index contributed by atoms with van der Waals surface area (Å²) in [5.74, 6) is 0.349. The smallest absolute Gasteiger partial charge is 0.254 e. The first kappa shape index (κ1) is 15.9. The third kappa shape index (κ3) is 4.55. The Morgan fingerprint density at radius 2 is 1.77 bits per heavy atom. The van der Waals surface area contributed by atoms with Gasteiger partial charge in [-0.05, 0) is 30.5 Å². The quantitative estimate of drug-likeness (QED) is 0.770. The Labute approximate surface area is 131 Å². The van der Waals surface area contributed by atoms with Crippen LogP contribution in [0.2, 0.25) is 0 Å². The van der Waals surface area contributed by atoms with Crippen molar-refractivity contribution in [1.82, 2.24) is 15.3 Å². The van der Waals surface area contributed by atoms with Crippen molar-refractivity contribution in [2.45, 2.75) is 33.1 Å². The Balaban J connectivity index is 1.94. The number of hydrogen-bond donors (Lipinski definition) is 2. The van der Waals surface area contributed by atoms with Crippen molar-refractivity contribution in [1.29, 1.82) is 0 Å². The second-order valence-corrected chi connectivity index (χ2v) is 5.08. The van der Waals surface area contributed by atoms with Crippen LogP contribution in [0.5, 0.6) is 0 Å². The maximum atomic E-state index is 11.8. The SMILES string of the molecule is CCCCNC(=O)c1cnc(Nc2ccc(CC)cc2)nc1. The second kappa shape index (κ2) is 8.12.